The summed E-state index contributed by atoms with van der Waals surface area (Å²) >= 11 is 21.5. The van der Waals surface area contributed by atoms with E-state index in [2.05, 4.69) is 0 Å². The minimum absolute atomic E-state index is 0.181. The van der Waals surface area contributed by atoms with E-state index in [9.17, 15) is 9.59 Å². The maximum absolute atomic E-state index is 14.1. The number of thiophene rings is 1. The first-order chi connectivity index (χ1) is 22.3. The molecule has 0 saturated heterocycles. The first-order valence-electron chi connectivity index (χ1n) is 14.0. The van der Waals surface area contributed by atoms with E-state index in [0.29, 0.717) is 52.7 Å². The highest BCUT2D eigenvalue weighted by atomic mass is 35.5. The van der Waals surface area contributed by atoms with Gasteiger partial charge < -0.3 is 14.2 Å². The van der Waals surface area contributed by atoms with E-state index in [4.69, 9.17) is 54.0 Å². The fourth-order valence-corrected chi connectivity index (χ4v) is 7.47. The van der Waals surface area contributed by atoms with E-state index >= 15 is 0 Å². The van der Waals surface area contributed by atoms with Crippen molar-refractivity contribution >= 4 is 75.2 Å². The number of ether oxygens (including phenoxy) is 3. The second kappa shape index (κ2) is 13.9. The fraction of sp³-hybridized carbons (Fsp3) is 0.147. The number of methoxy groups -OCH3 is 1. The van der Waals surface area contributed by atoms with Gasteiger partial charge in [-0.1, -0.05) is 88.6 Å². The second-order valence-corrected chi connectivity index (χ2v) is 13.2. The number of halogens is 3. The van der Waals surface area contributed by atoms with Crippen LogP contribution in [0.2, 0.25) is 15.1 Å². The van der Waals surface area contributed by atoms with Gasteiger partial charge in [-0.2, -0.15) is 0 Å². The Morgan fingerprint density at radius 3 is 2.50 bits per heavy atom. The molecule has 0 N–H and O–H groups in total. The Morgan fingerprint density at radius 1 is 1.00 bits per heavy atom. The number of rotatable bonds is 9. The molecule has 3 aromatic carbocycles. The largest absolute Gasteiger partial charge is 0.493 e. The van der Waals surface area contributed by atoms with Crippen molar-refractivity contribution in [3.05, 3.63) is 140 Å². The average molecular weight is 712 g/mol. The summed E-state index contributed by atoms with van der Waals surface area (Å²) < 4.78 is 19.1. The highest BCUT2D eigenvalue weighted by Crippen LogP contribution is 2.39. The predicted octanol–water partition coefficient (Wildman–Crippen LogP) is 7.54. The molecule has 1 atom stereocenters. The van der Waals surface area contributed by atoms with Crippen molar-refractivity contribution < 1.29 is 19.0 Å². The number of carbonyl (C=O) groups is 1. The van der Waals surface area contributed by atoms with E-state index in [-0.39, 0.29) is 18.8 Å². The van der Waals surface area contributed by atoms with Gasteiger partial charge in [0.1, 0.15) is 12.6 Å². The van der Waals surface area contributed by atoms with Crippen molar-refractivity contribution in [2.45, 2.75) is 19.6 Å². The molecule has 1 aliphatic rings. The number of fused-ring (bicyclic) bond motifs is 1. The zero-order valence-electron chi connectivity index (χ0n) is 24.5. The third-order valence-electron chi connectivity index (χ3n) is 7.10. The fourth-order valence-electron chi connectivity index (χ4n) is 5.06. The molecule has 0 unspecified atom stereocenters. The summed E-state index contributed by atoms with van der Waals surface area (Å²) in [6, 6.07) is 21.2. The Balaban J connectivity index is 1.45. The smallest absolute Gasteiger partial charge is 0.338 e. The van der Waals surface area contributed by atoms with Crippen LogP contribution in [0.5, 0.6) is 11.5 Å². The monoisotopic (exact) mass is 710 g/mol. The van der Waals surface area contributed by atoms with Crippen LogP contribution in [0.25, 0.3) is 11.8 Å². The molecular weight excluding hydrogens is 687 g/mol. The molecule has 2 aromatic heterocycles. The number of thiazole rings is 1. The average Bonchev–Trinajstić information content (AvgIpc) is 3.70. The van der Waals surface area contributed by atoms with E-state index in [1.54, 1.807) is 41.8 Å². The SMILES string of the molecule is CCOC(=O)C1=C(c2ccccc2)N=c2s/c(=C\c3cc(Cl)c(OCc4ccc(Cl)c(Cl)c4)c(OC)c3)c(=O)n2[C@@H]1c1cccs1. The van der Waals surface area contributed by atoms with Gasteiger partial charge in [-0.25, -0.2) is 9.79 Å². The molecule has 0 radical (unpaired) electrons. The standard InChI is InChI=1S/C34H25Cl3N2O5S2/c1-3-43-33(41)28-29(21-8-5-4-6-9-21)38-34-39(30(28)26-10-7-13-45-26)32(40)27(46-34)17-20-15-24(37)31(25(16-20)42-2)44-18-19-11-12-22(35)23(36)14-19/h4-17,30H,3,18H2,1-2H3/b27-17-/t30-/m1/s1. The molecule has 3 heterocycles. The molecule has 0 spiro atoms. The Hall–Kier alpha value is -3.86. The number of carbonyl (C=O) groups excluding carboxylic acids is 1. The van der Waals surface area contributed by atoms with Crippen LogP contribution in [0, 0.1) is 0 Å². The summed E-state index contributed by atoms with van der Waals surface area (Å²) in [4.78, 5) is 33.8. The summed E-state index contributed by atoms with van der Waals surface area (Å²) in [6.45, 7) is 2.11. The van der Waals surface area contributed by atoms with Crippen LogP contribution in [0.15, 0.2) is 93.5 Å². The van der Waals surface area contributed by atoms with Crippen molar-refractivity contribution in [3.8, 4) is 11.5 Å². The predicted molar refractivity (Wildman–Crippen MR) is 184 cm³/mol. The first-order valence-corrected chi connectivity index (χ1v) is 16.9. The Morgan fingerprint density at radius 2 is 1.80 bits per heavy atom. The lowest BCUT2D eigenvalue weighted by atomic mass is 9.97. The minimum Gasteiger partial charge on any atom is -0.493 e. The number of hydrogen-bond donors (Lipinski definition) is 0. The van der Waals surface area contributed by atoms with Gasteiger partial charge in [0.25, 0.3) is 5.56 Å². The van der Waals surface area contributed by atoms with E-state index in [1.807, 2.05) is 53.9 Å². The zero-order chi connectivity index (χ0) is 32.4. The topological polar surface area (TPSA) is 79.1 Å². The lowest BCUT2D eigenvalue weighted by Gasteiger charge is -2.24. The third kappa shape index (κ3) is 6.38. The molecule has 0 bridgehead atoms. The number of nitrogens with zero attached hydrogens (tertiary/aromatic N) is 2. The molecule has 0 amide bonds. The van der Waals surface area contributed by atoms with Crippen LogP contribution in [0.1, 0.15) is 34.5 Å². The van der Waals surface area contributed by atoms with Gasteiger partial charge >= 0.3 is 5.97 Å². The van der Waals surface area contributed by atoms with E-state index < -0.39 is 12.0 Å². The van der Waals surface area contributed by atoms with Crippen molar-refractivity contribution in [2.75, 3.05) is 13.7 Å². The summed E-state index contributed by atoms with van der Waals surface area (Å²) in [5, 5.41) is 3.08. The first kappa shape index (κ1) is 32.1. The Kier molecular flexibility index (Phi) is 9.67. The van der Waals surface area contributed by atoms with Crippen molar-refractivity contribution in [3.63, 3.8) is 0 Å². The van der Waals surface area contributed by atoms with Crippen LogP contribution in [-0.2, 0) is 16.1 Å². The Bertz CT molecular complexity index is 2140. The second-order valence-electron chi connectivity index (χ2n) is 10.0. The van der Waals surface area contributed by atoms with Crippen LogP contribution < -0.4 is 24.4 Å². The summed E-state index contributed by atoms with van der Waals surface area (Å²) in [5.41, 5.74) is 2.65. The quantitative estimate of drug-likeness (QED) is 0.148. The van der Waals surface area contributed by atoms with Crippen LogP contribution in [0.4, 0.5) is 0 Å². The minimum atomic E-state index is -0.720. The molecular formula is C34H25Cl3N2O5S2. The van der Waals surface area contributed by atoms with Crippen LogP contribution in [0.3, 0.4) is 0 Å². The van der Waals surface area contributed by atoms with Gasteiger partial charge in [-0.3, -0.25) is 9.36 Å². The molecule has 234 valence electrons. The highest BCUT2D eigenvalue weighted by molar-refractivity contribution is 7.10. The summed E-state index contributed by atoms with van der Waals surface area (Å²) in [7, 11) is 1.51. The van der Waals surface area contributed by atoms with Crippen LogP contribution in [-0.4, -0.2) is 24.3 Å². The van der Waals surface area contributed by atoms with Gasteiger partial charge in [0, 0.05) is 10.4 Å². The molecule has 5 aromatic rings. The molecule has 0 fully saturated rings. The third-order valence-corrected chi connectivity index (χ3v) is 10.0. The molecule has 12 heteroatoms. The van der Waals surface area contributed by atoms with Gasteiger partial charge in [-0.15, -0.1) is 11.3 Å². The number of benzene rings is 3. The van der Waals surface area contributed by atoms with Crippen molar-refractivity contribution in [1.82, 2.24) is 4.57 Å². The number of hydrogen-bond acceptors (Lipinski definition) is 8. The molecule has 0 aliphatic carbocycles. The maximum atomic E-state index is 14.1. The van der Waals surface area contributed by atoms with Gasteiger partial charge in [-0.05, 0) is 59.8 Å². The Labute approximate surface area is 287 Å². The molecule has 1 aliphatic heterocycles. The van der Waals surface area contributed by atoms with Crippen LogP contribution >= 0.6 is 57.5 Å². The van der Waals surface area contributed by atoms with Crippen molar-refractivity contribution in [1.29, 1.82) is 0 Å². The lowest BCUT2D eigenvalue weighted by Crippen LogP contribution is -2.39. The molecule has 46 heavy (non-hydrogen) atoms. The van der Waals surface area contributed by atoms with Gasteiger partial charge in [0.2, 0.25) is 0 Å². The summed E-state index contributed by atoms with van der Waals surface area (Å²) in [5.74, 6) is 0.211. The molecule has 0 saturated carbocycles. The number of esters is 1. The number of aromatic nitrogens is 1. The molecule has 6 rings (SSSR count). The maximum Gasteiger partial charge on any atom is 0.338 e. The summed E-state index contributed by atoms with van der Waals surface area (Å²) in [6.07, 6.45) is 1.72. The van der Waals surface area contributed by atoms with E-state index in [1.165, 1.54) is 29.8 Å². The van der Waals surface area contributed by atoms with E-state index in [0.717, 1.165) is 16.0 Å². The molecule has 7 nitrogen and oxygen atoms in total. The highest BCUT2D eigenvalue weighted by Gasteiger charge is 2.35. The lowest BCUT2D eigenvalue weighted by molar-refractivity contribution is -0.138. The van der Waals surface area contributed by atoms with Gasteiger partial charge in [0.05, 0.1) is 44.6 Å². The van der Waals surface area contributed by atoms with Crippen molar-refractivity contribution in [2.24, 2.45) is 4.99 Å². The van der Waals surface area contributed by atoms with Gasteiger partial charge in [0.15, 0.2) is 16.3 Å². The zero-order valence-corrected chi connectivity index (χ0v) is 28.4. The normalized spacial score (nSPS) is 14.5.